The Morgan fingerprint density at radius 2 is 2.32 bits per heavy atom. The molecule has 19 heavy (non-hydrogen) atoms. The monoisotopic (exact) mass is 279 g/mol. The lowest BCUT2D eigenvalue weighted by Gasteiger charge is -2.28. The maximum Gasteiger partial charge on any atom is 0.151 e. The maximum atomic E-state index is 14.0. The summed E-state index contributed by atoms with van der Waals surface area (Å²) in [6, 6.07) is 1.94. The number of rotatable bonds is 2. The molecule has 100 valence electrons. The molecule has 0 aromatic carbocycles. The van der Waals surface area contributed by atoms with Gasteiger partial charge in [0.15, 0.2) is 6.17 Å². The highest BCUT2D eigenvalue weighted by molar-refractivity contribution is 7.91. The zero-order valence-corrected chi connectivity index (χ0v) is 11.7. The number of allylic oxidation sites excluding steroid dienone is 2. The molecule has 4 atom stereocenters. The third-order valence-corrected chi connectivity index (χ3v) is 5.00. The Kier molecular flexibility index (Phi) is 2.42. The summed E-state index contributed by atoms with van der Waals surface area (Å²) >= 11 is -1.32. The van der Waals surface area contributed by atoms with Crippen LogP contribution in [0.2, 0.25) is 0 Å². The average molecular weight is 279 g/mol. The molecule has 1 spiro atoms. The smallest absolute Gasteiger partial charge is 0.151 e. The Labute approximate surface area is 114 Å². The van der Waals surface area contributed by atoms with E-state index in [4.69, 9.17) is 5.26 Å². The standard InChI is InChI=1S/C13H14FN3OS/c1-12(2,3)19(18)16-6-9-10-8-4-7(5-15)11(14)13(8,10)17-9/h4,6-7,11,17H,1-3H3/t7?,11-,13?,19?/m1/s1. The van der Waals surface area contributed by atoms with Crippen LogP contribution in [0.25, 0.3) is 0 Å². The van der Waals surface area contributed by atoms with Crippen molar-refractivity contribution in [2.24, 2.45) is 10.3 Å². The van der Waals surface area contributed by atoms with Gasteiger partial charge < -0.3 is 9.87 Å². The zero-order valence-electron chi connectivity index (χ0n) is 10.9. The first kappa shape index (κ1) is 12.7. The van der Waals surface area contributed by atoms with Crippen molar-refractivity contribution in [3.8, 4) is 6.07 Å². The lowest BCUT2D eigenvalue weighted by atomic mass is 9.96. The SMILES string of the molecule is CC(C)(C)[S+]([O-])N=CC1=C2C3=CC(C#N)[C@@H](F)C32N1. The molecule has 0 aromatic heterocycles. The first-order chi connectivity index (χ1) is 8.82. The molecule has 1 saturated carbocycles. The molecule has 1 fully saturated rings. The van der Waals surface area contributed by atoms with Crippen molar-refractivity contribution in [2.45, 2.75) is 37.2 Å². The van der Waals surface area contributed by atoms with E-state index in [2.05, 4.69) is 9.71 Å². The number of hydrogen-bond donors (Lipinski definition) is 1. The minimum atomic E-state index is -1.32. The Morgan fingerprint density at radius 1 is 1.63 bits per heavy atom. The van der Waals surface area contributed by atoms with Crippen LogP contribution >= 0.6 is 0 Å². The highest BCUT2D eigenvalue weighted by Gasteiger charge is 2.73. The molecule has 0 radical (unpaired) electrons. The van der Waals surface area contributed by atoms with E-state index in [1.807, 2.05) is 26.8 Å². The number of nitriles is 1. The first-order valence-corrected chi connectivity index (χ1v) is 7.18. The highest BCUT2D eigenvalue weighted by Crippen LogP contribution is 2.65. The molecule has 2 aliphatic carbocycles. The van der Waals surface area contributed by atoms with Gasteiger partial charge in [-0.3, -0.25) is 0 Å². The van der Waals surface area contributed by atoms with E-state index < -0.39 is 33.7 Å². The van der Waals surface area contributed by atoms with Crippen molar-refractivity contribution in [1.82, 2.24) is 5.32 Å². The van der Waals surface area contributed by atoms with Gasteiger partial charge in [-0.2, -0.15) is 5.26 Å². The number of fused-ring (bicyclic) bond motifs is 1. The summed E-state index contributed by atoms with van der Waals surface area (Å²) in [4.78, 5) is 0. The molecule has 1 aliphatic heterocycles. The van der Waals surface area contributed by atoms with Crippen molar-refractivity contribution in [2.75, 3.05) is 0 Å². The molecule has 0 aromatic rings. The first-order valence-electron chi connectivity index (χ1n) is 6.07. The second kappa shape index (κ2) is 3.62. The van der Waals surface area contributed by atoms with Gasteiger partial charge in [0, 0.05) is 5.57 Å². The highest BCUT2D eigenvalue weighted by atomic mass is 32.2. The van der Waals surface area contributed by atoms with Gasteiger partial charge in [0.25, 0.3) is 0 Å². The van der Waals surface area contributed by atoms with Crippen molar-refractivity contribution >= 4 is 17.6 Å². The number of halogens is 1. The molecule has 0 bridgehead atoms. The van der Waals surface area contributed by atoms with Crippen LogP contribution in [0.1, 0.15) is 20.8 Å². The molecule has 1 N–H and O–H groups in total. The van der Waals surface area contributed by atoms with Gasteiger partial charge in [-0.25, -0.2) is 4.39 Å². The third-order valence-electron chi connectivity index (χ3n) is 3.65. The van der Waals surface area contributed by atoms with E-state index >= 15 is 0 Å². The Balaban J connectivity index is 1.78. The average Bonchev–Trinajstić information content (AvgIpc) is 2.68. The predicted molar refractivity (Wildman–Crippen MR) is 71.4 cm³/mol. The van der Waals surface area contributed by atoms with Crippen LogP contribution < -0.4 is 5.32 Å². The van der Waals surface area contributed by atoms with Crippen LogP contribution in [0, 0.1) is 17.2 Å². The number of nitrogens with one attached hydrogen (secondary N) is 1. The van der Waals surface area contributed by atoms with Crippen molar-refractivity contribution < 1.29 is 8.94 Å². The molecular formula is C13H14FN3OS. The van der Waals surface area contributed by atoms with Crippen molar-refractivity contribution in [1.29, 1.82) is 5.26 Å². The van der Waals surface area contributed by atoms with Gasteiger partial charge in [0.2, 0.25) is 0 Å². The van der Waals surface area contributed by atoms with Gasteiger partial charge in [0.05, 0.1) is 17.7 Å². The second-order valence-corrected chi connectivity index (χ2v) is 7.89. The largest absolute Gasteiger partial charge is 0.591 e. The quantitative estimate of drug-likeness (QED) is 0.615. The Bertz CT molecular complexity index is 584. The van der Waals surface area contributed by atoms with Crippen molar-refractivity contribution in [3.05, 3.63) is 22.9 Å². The number of hydrogen-bond acceptors (Lipinski definition) is 4. The molecule has 3 aliphatic rings. The van der Waals surface area contributed by atoms with Crippen LogP contribution in [-0.2, 0) is 11.4 Å². The third kappa shape index (κ3) is 1.52. The van der Waals surface area contributed by atoms with E-state index in [1.54, 1.807) is 6.08 Å². The Morgan fingerprint density at radius 3 is 2.84 bits per heavy atom. The minimum absolute atomic E-state index is 0.406. The van der Waals surface area contributed by atoms with E-state index in [-0.39, 0.29) is 0 Å². The Hall–Kier alpha value is -1.32. The fraction of sp³-hybridized carbons (Fsp3) is 0.538. The van der Waals surface area contributed by atoms with Gasteiger partial charge in [0.1, 0.15) is 27.9 Å². The molecule has 0 saturated heterocycles. The van der Waals surface area contributed by atoms with Crippen LogP contribution in [0.5, 0.6) is 0 Å². The molecule has 4 nitrogen and oxygen atoms in total. The fourth-order valence-electron chi connectivity index (χ4n) is 2.58. The minimum Gasteiger partial charge on any atom is -0.591 e. The van der Waals surface area contributed by atoms with Crippen molar-refractivity contribution in [3.63, 3.8) is 0 Å². The molecule has 0 amide bonds. The summed E-state index contributed by atoms with van der Waals surface area (Å²) in [7, 11) is 0. The van der Waals surface area contributed by atoms with E-state index in [0.29, 0.717) is 0 Å². The topological polar surface area (TPSA) is 71.2 Å². The van der Waals surface area contributed by atoms with Crippen LogP contribution in [0.4, 0.5) is 4.39 Å². The summed E-state index contributed by atoms with van der Waals surface area (Å²) in [6.45, 7) is 5.53. The van der Waals surface area contributed by atoms with E-state index in [0.717, 1.165) is 16.8 Å². The van der Waals surface area contributed by atoms with Crippen LogP contribution in [0.3, 0.4) is 0 Å². The lowest BCUT2D eigenvalue weighted by molar-refractivity contribution is 0.236. The summed E-state index contributed by atoms with van der Waals surface area (Å²) in [5, 5.41) is 11.8. The molecule has 3 rings (SSSR count). The summed E-state index contributed by atoms with van der Waals surface area (Å²) < 4.78 is 29.4. The second-order valence-electron chi connectivity index (χ2n) is 5.95. The van der Waals surface area contributed by atoms with Gasteiger partial charge in [-0.05, 0) is 26.3 Å². The van der Waals surface area contributed by atoms with Crippen LogP contribution in [-0.4, -0.2) is 27.2 Å². The van der Waals surface area contributed by atoms with Crippen LogP contribution in [0.15, 0.2) is 27.3 Å². The molecule has 3 unspecified atom stereocenters. The normalized spacial score (nSPS) is 36.9. The summed E-state index contributed by atoms with van der Waals surface area (Å²) in [5.41, 5.74) is 1.77. The predicted octanol–water partition coefficient (Wildman–Crippen LogP) is 1.55. The van der Waals surface area contributed by atoms with E-state index in [9.17, 15) is 8.94 Å². The van der Waals surface area contributed by atoms with Gasteiger partial charge in [-0.15, -0.1) is 0 Å². The molecule has 1 heterocycles. The molecular weight excluding hydrogens is 265 g/mol. The lowest BCUT2D eigenvalue weighted by Crippen LogP contribution is -2.48. The van der Waals surface area contributed by atoms with Gasteiger partial charge in [-0.1, -0.05) is 10.5 Å². The maximum absolute atomic E-state index is 14.0. The van der Waals surface area contributed by atoms with E-state index in [1.165, 1.54) is 6.21 Å². The summed E-state index contributed by atoms with van der Waals surface area (Å²) in [6.07, 6.45) is 1.97. The zero-order chi connectivity index (χ0) is 14.0. The summed E-state index contributed by atoms with van der Waals surface area (Å²) in [5.74, 6) is -0.659. The number of alkyl halides is 1. The molecule has 6 heteroatoms. The number of nitrogens with zero attached hydrogens (tertiary/aromatic N) is 2. The van der Waals surface area contributed by atoms with Gasteiger partial charge >= 0.3 is 0 Å². The fourth-order valence-corrected chi connectivity index (χ4v) is 3.09.